The van der Waals surface area contributed by atoms with Crippen molar-refractivity contribution in [2.75, 3.05) is 46.6 Å². The predicted octanol–water partition coefficient (Wildman–Crippen LogP) is 3.20. The van der Waals surface area contributed by atoms with E-state index in [1.807, 2.05) is 7.05 Å². The van der Waals surface area contributed by atoms with Crippen LogP contribution in [-0.4, -0.2) is 52.5 Å². The van der Waals surface area contributed by atoms with Crippen molar-refractivity contribution in [1.29, 1.82) is 0 Å². The summed E-state index contributed by atoms with van der Waals surface area (Å²) in [7, 11) is 1.83. The molecule has 1 unspecified atom stereocenters. The molecule has 5 heteroatoms. The molecule has 2 N–H and O–H groups in total. The Balaban J connectivity index is 1.87. The molecule has 142 valence electrons. The van der Waals surface area contributed by atoms with Gasteiger partial charge in [0.2, 0.25) is 0 Å². The van der Waals surface area contributed by atoms with Gasteiger partial charge in [-0.15, -0.1) is 0 Å². The van der Waals surface area contributed by atoms with Crippen LogP contribution < -0.4 is 10.6 Å². The number of nitrogens with zero attached hydrogens (tertiary/aromatic N) is 1. The number of aliphatic imine (C=N–C) groups is 1. The molecule has 0 aliphatic carbocycles. The average molecular weight is 342 g/mol. The molecule has 0 amide bonds. The van der Waals surface area contributed by atoms with Crippen molar-refractivity contribution in [3.05, 3.63) is 0 Å². The molecule has 0 bridgehead atoms. The van der Waals surface area contributed by atoms with Crippen LogP contribution in [0.5, 0.6) is 0 Å². The minimum atomic E-state index is 0.605. The number of nitrogens with one attached hydrogen (secondary N) is 2. The lowest BCUT2D eigenvalue weighted by Gasteiger charge is -2.12. The van der Waals surface area contributed by atoms with Gasteiger partial charge < -0.3 is 20.1 Å². The Bertz CT molecular complexity index is 316. The number of hydrogen-bond donors (Lipinski definition) is 2. The highest BCUT2D eigenvalue weighted by molar-refractivity contribution is 5.79. The topological polar surface area (TPSA) is 54.9 Å². The number of ether oxygens (including phenoxy) is 2. The summed E-state index contributed by atoms with van der Waals surface area (Å²) in [6.07, 6.45) is 8.72. The van der Waals surface area contributed by atoms with Crippen LogP contribution >= 0.6 is 0 Å². The fourth-order valence-corrected chi connectivity index (χ4v) is 2.80. The van der Waals surface area contributed by atoms with Crippen molar-refractivity contribution in [3.8, 4) is 0 Å². The first kappa shape index (κ1) is 21.2. The van der Waals surface area contributed by atoms with E-state index in [1.165, 1.54) is 32.1 Å². The molecular weight excluding hydrogens is 302 g/mol. The zero-order valence-electron chi connectivity index (χ0n) is 16.1. The van der Waals surface area contributed by atoms with Gasteiger partial charge in [-0.3, -0.25) is 4.99 Å². The van der Waals surface area contributed by atoms with E-state index in [0.29, 0.717) is 5.92 Å². The van der Waals surface area contributed by atoms with Gasteiger partial charge in [-0.05, 0) is 25.2 Å². The first-order chi connectivity index (χ1) is 11.7. The number of guanidine groups is 1. The molecule has 1 fully saturated rings. The molecule has 1 saturated heterocycles. The third kappa shape index (κ3) is 11.7. The summed E-state index contributed by atoms with van der Waals surface area (Å²) >= 11 is 0. The maximum Gasteiger partial charge on any atom is 0.190 e. The standard InChI is InChI=1S/C19H39N3O2/c1-17(2)9-6-4-5-7-11-21-19(20-3)22-12-8-13-23-15-18-10-14-24-16-18/h17-18H,4-16H2,1-3H3,(H2,20,21,22). The second-order valence-corrected chi connectivity index (χ2v) is 7.18. The minimum absolute atomic E-state index is 0.605. The predicted molar refractivity (Wildman–Crippen MR) is 102 cm³/mol. The van der Waals surface area contributed by atoms with Crippen LogP contribution in [0.25, 0.3) is 0 Å². The van der Waals surface area contributed by atoms with E-state index in [1.54, 1.807) is 0 Å². The average Bonchev–Trinajstić information content (AvgIpc) is 3.08. The molecule has 1 heterocycles. The fraction of sp³-hybridized carbons (Fsp3) is 0.947. The Morgan fingerprint density at radius 3 is 2.54 bits per heavy atom. The zero-order valence-corrected chi connectivity index (χ0v) is 16.1. The van der Waals surface area contributed by atoms with Crippen LogP contribution in [0.4, 0.5) is 0 Å². The third-order valence-electron chi connectivity index (χ3n) is 4.36. The zero-order chi connectivity index (χ0) is 17.5. The van der Waals surface area contributed by atoms with Gasteiger partial charge in [0.1, 0.15) is 0 Å². The molecule has 0 aromatic carbocycles. The molecular formula is C19H39N3O2. The lowest BCUT2D eigenvalue weighted by atomic mass is 10.0. The number of unbranched alkanes of at least 4 members (excludes halogenated alkanes) is 3. The Morgan fingerprint density at radius 2 is 1.88 bits per heavy atom. The van der Waals surface area contributed by atoms with Crippen molar-refractivity contribution in [2.45, 2.75) is 58.8 Å². The van der Waals surface area contributed by atoms with Crippen molar-refractivity contribution < 1.29 is 9.47 Å². The summed E-state index contributed by atoms with van der Waals surface area (Å²) in [5, 5.41) is 6.74. The van der Waals surface area contributed by atoms with Crippen molar-refractivity contribution in [1.82, 2.24) is 10.6 Å². The van der Waals surface area contributed by atoms with Gasteiger partial charge in [-0.1, -0.05) is 39.5 Å². The molecule has 24 heavy (non-hydrogen) atoms. The van der Waals surface area contributed by atoms with Crippen molar-refractivity contribution >= 4 is 5.96 Å². The molecule has 0 radical (unpaired) electrons. The van der Waals surface area contributed by atoms with Crippen LogP contribution in [0.2, 0.25) is 0 Å². The highest BCUT2D eigenvalue weighted by Crippen LogP contribution is 2.12. The van der Waals surface area contributed by atoms with E-state index in [2.05, 4.69) is 29.5 Å². The summed E-state index contributed by atoms with van der Waals surface area (Å²) in [4.78, 5) is 4.26. The second kappa shape index (κ2) is 14.5. The maximum atomic E-state index is 5.71. The van der Waals surface area contributed by atoms with Crippen molar-refractivity contribution in [2.24, 2.45) is 16.8 Å². The van der Waals surface area contributed by atoms with Crippen molar-refractivity contribution in [3.63, 3.8) is 0 Å². The maximum absolute atomic E-state index is 5.71. The first-order valence-electron chi connectivity index (χ1n) is 9.82. The van der Waals surface area contributed by atoms with Gasteiger partial charge in [0, 0.05) is 39.3 Å². The van der Waals surface area contributed by atoms with E-state index in [9.17, 15) is 0 Å². The van der Waals surface area contributed by atoms with E-state index in [4.69, 9.17) is 9.47 Å². The van der Waals surface area contributed by atoms with E-state index in [0.717, 1.165) is 64.2 Å². The summed E-state index contributed by atoms with van der Waals surface area (Å²) in [5.74, 6) is 2.34. The van der Waals surface area contributed by atoms with Crippen LogP contribution in [0.1, 0.15) is 58.8 Å². The van der Waals surface area contributed by atoms with Crippen LogP contribution in [0.3, 0.4) is 0 Å². The monoisotopic (exact) mass is 341 g/mol. The first-order valence-corrected chi connectivity index (χ1v) is 9.82. The van der Waals surface area contributed by atoms with Crippen LogP contribution in [0, 0.1) is 11.8 Å². The summed E-state index contributed by atoms with van der Waals surface area (Å²) in [6.45, 7) is 9.90. The van der Waals surface area contributed by atoms with Gasteiger partial charge in [0.05, 0.1) is 13.2 Å². The van der Waals surface area contributed by atoms with E-state index < -0.39 is 0 Å². The van der Waals surface area contributed by atoms with Gasteiger partial charge in [0.15, 0.2) is 5.96 Å². The molecule has 0 spiro atoms. The van der Waals surface area contributed by atoms with E-state index in [-0.39, 0.29) is 0 Å². The second-order valence-electron chi connectivity index (χ2n) is 7.18. The summed E-state index contributed by atoms with van der Waals surface area (Å²) < 4.78 is 11.0. The van der Waals surface area contributed by atoms with Crippen LogP contribution in [0.15, 0.2) is 4.99 Å². The number of rotatable bonds is 13. The Hall–Kier alpha value is -0.810. The molecule has 1 aliphatic rings. The third-order valence-corrected chi connectivity index (χ3v) is 4.36. The van der Waals surface area contributed by atoms with E-state index >= 15 is 0 Å². The lowest BCUT2D eigenvalue weighted by Crippen LogP contribution is -2.38. The van der Waals surface area contributed by atoms with Crippen LogP contribution in [-0.2, 0) is 9.47 Å². The molecule has 0 saturated carbocycles. The highest BCUT2D eigenvalue weighted by atomic mass is 16.5. The van der Waals surface area contributed by atoms with Gasteiger partial charge >= 0.3 is 0 Å². The molecule has 1 rings (SSSR count). The fourth-order valence-electron chi connectivity index (χ4n) is 2.80. The molecule has 5 nitrogen and oxygen atoms in total. The Labute approximate surface area is 149 Å². The molecule has 0 aromatic rings. The molecule has 1 aliphatic heterocycles. The van der Waals surface area contributed by atoms with Gasteiger partial charge in [-0.25, -0.2) is 0 Å². The summed E-state index contributed by atoms with van der Waals surface area (Å²) in [6, 6.07) is 0. The van der Waals surface area contributed by atoms with Gasteiger partial charge in [-0.2, -0.15) is 0 Å². The Morgan fingerprint density at radius 1 is 1.12 bits per heavy atom. The summed E-state index contributed by atoms with van der Waals surface area (Å²) in [5.41, 5.74) is 0. The van der Waals surface area contributed by atoms with Gasteiger partial charge in [0.25, 0.3) is 0 Å². The Kier molecular flexibility index (Phi) is 12.9. The molecule has 1 atom stereocenters. The smallest absolute Gasteiger partial charge is 0.190 e. The SMILES string of the molecule is CN=C(NCCCCCCC(C)C)NCCCOCC1CCOC1. The largest absolute Gasteiger partial charge is 0.381 e. The number of hydrogen-bond acceptors (Lipinski definition) is 3. The normalized spacial score (nSPS) is 18.3. The lowest BCUT2D eigenvalue weighted by molar-refractivity contribution is 0.0888. The quantitative estimate of drug-likeness (QED) is 0.307. The highest BCUT2D eigenvalue weighted by Gasteiger charge is 2.15. The molecule has 0 aromatic heterocycles. The minimum Gasteiger partial charge on any atom is -0.381 e.